The van der Waals surface area contributed by atoms with Crippen LogP contribution in [0.4, 0.5) is 0 Å². The number of fused-ring (bicyclic) bond motifs is 2. The van der Waals surface area contributed by atoms with Gasteiger partial charge in [-0.1, -0.05) is 13.3 Å². The number of likely N-dealkylation sites (tertiary alicyclic amines) is 1. The SMILES string of the molecule is CCCCOc1ccc2c(c1-c1ncnc3c(C(=O)N[C@@H]4CCN(C(=O)[C@H](C)O)C4)c[nH]c13)OCO2. The van der Waals surface area contributed by atoms with E-state index in [4.69, 9.17) is 14.2 Å². The highest BCUT2D eigenvalue weighted by atomic mass is 16.7. The van der Waals surface area contributed by atoms with E-state index in [1.165, 1.54) is 13.3 Å². The average Bonchev–Trinajstić information content (AvgIpc) is 3.62. The first-order valence-corrected chi connectivity index (χ1v) is 12.1. The maximum absolute atomic E-state index is 13.1. The van der Waals surface area contributed by atoms with Crippen LogP contribution < -0.4 is 19.5 Å². The van der Waals surface area contributed by atoms with Gasteiger partial charge in [0.1, 0.15) is 29.4 Å². The molecule has 1 saturated heterocycles. The van der Waals surface area contributed by atoms with Gasteiger partial charge in [0.25, 0.3) is 11.8 Å². The Balaban J connectivity index is 1.44. The molecule has 0 unspecified atom stereocenters. The number of unbranched alkanes of at least 4 members (excludes halogenated alkanes) is 1. The molecule has 190 valence electrons. The number of ether oxygens (including phenoxy) is 3. The van der Waals surface area contributed by atoms with Crippen LogP contribution in [0.2, 0.25) is 0 Å². The van der Waals surface area contributed by atoms with Crippen molar-refractivity contribution in [3.05, 3.63) is 30.2 Å². The fourth-order valence-electron chi connectivity index (χ4n) is 4.53. The van der Waals surface area contributed by atoms with Gasteiger partial charge in [-0.3, -0.25) is 9.59 Å². The van der Waals surface area contributed by atoms with Gasteiger partial charge in [0.15, 0.2) is 11.5 Å². The number of aromatic nitrogens is 3. The quantitative estimate of drug-likeness (QED) is 0.405. The molecule has 5 rings (SSSR count). The lowest BCUT2D eigenvalue weighted by molar-refractivity contribution is -0.138. The number of carbonyl (C=O) groups excluding carboxylic acids is 2. The van der Waals surface area contributed by atoms with Crippen molar-refractivity contribution in [3.63, 3.8) is 0 Å². The number of carbonyl (C=O) groups is 2. The number of aliphatic hydroxyl groups excluding tert-OH is 1. The Labute approximate surface area is 207 Å². The van der Waals surface area contributed by atoms with Gasteiger partial charge < -0.3 is 34.5 Å². The number of nitrogens with one attached hydrogen (secondary N) is 2. The molecule has 2 aliphatic heterocycles. The second-order valence-corrected chi connectivity index (χ2v) is 8.94. The predicted molar refractivity (Wildman–Crippen MR) is 130 cm³/mol. The maximum atomic E-state index is 13.1. The van der Waals surface area contributed by atoms with Crippen molar-refractivity contribution in [1.82, 2.24) is 25.2 Å². The normalized spacial score (nSPS) is 17.4. The fourth-order valence-corrected chi connectivity index (χ4v) is 4.53. The summed E-state index contributed by atoms with van der Waals surface area (Å²) in [5, 5.41) is 12.5. The van der Waals surface area contributed by atoms with Gasteiger partial charge in [-0.2, -0.15) is 0 Å². The number of hydrogen-bond donors (Lipinski definition) is 3. The van der Waals surface area contributed by atoms with Crippen LogP contribution in [0.5, 0.6) is 17.2 Å². The van der Waals surface area contributed by atoms with Gasteiger partial charge in [-0.25, -0.2) is 9.97 Å². The zero-order valence-corrected chi connectivity index (χ0v) is 20.2. The standard InChI is InChI=1S/C25H29N5O6/c1-3-4-9-34-17-5-6-18-23(36-13-35-18)19(17)21-22-20(27-12-28-21)16(10-26-22)24(32)29-15-7-8-30(11-15)25(33)14(2)31/h5-6,10,12,14-15,26,31H,3-4,7-9,11,13H2,1-2H3,(H,29,32)/t14-,15+/m0/s1. The topological polar surface area (TPSA) is 139 Å². The average molecular weight is 496 g/mol. The summed E-state index contributed by atoms with van der Waals surface area (Å²) in [5.41, 5.74) is 2.59. The Kier molecular flexibility index (Phi) is 6.64. The van der Waals surface area contributed by atoms with Crippen LogP contribution in [0.25, 0.3) is 22.3 Å². The highest BCUT2D eigenvalue weighted by Crippen LogP contribution is 2.47. The Bertz CT molecular complexity index is 1290. The molecule has 36 heavy (non-hydrogen) atoms. The summed E-state index contributed by atoms with van der Waals surface area (Å²) in [6, 6.07) is 3.43. The summed E-state index contributed by atoms with van der Waals surface area (Å²) in [4.78, 5) is 38.8. The first kappa shape index (κ1) is 23.9. The summed E-state index contributed by atoms with van der Waals surface area (Å²) in [5.74, 6) is 1.11. The molecule has 0 spiro atoms. The van der Waals surface area contributed by atoms with Gasteiger partial charge in [-0.05, 0) is 31.9 Å². The third-order valence-electron chi connectivity index (χ3n) is 6.39. The Hall–Kier alpha value is -3.86. The number of nitrogens with zero attached hydrogens (tertiary/aromatic N) is 3. The maximum Gasteiger partial charge on any atom is 0.255 e. The van der Waals surface area contributed by atoms with Crippen molar-refractivity contribution in [1.29, 1.82) is 0 Å². The van der Waals surface area contributed by atoms with Gasteiger partial charge in [0, 0.05) is 25.3 Å². The molecule has 1 aromatic carbocycles. The Morgan fingerprint density at radius 3 is 3.00 bits per heavy atom. The number of aromatic amines is 1. The van der Waals surface area contributed by atoms with E-state index in [0.29, 0.717) is 71.2 Å². The van der Waals surface area contributed by atoms with E-state index in [2.05, 4.69) is 27.2 Å². The molecule has 3 N–H and O–H groups in total. The van der Waals surface area contributed by atoms with E-state index in [1.807, 2.05) is 12.1 Å². The number of benzene rings is 1. The number of H-pyrrole nitrogens is 1. The highest BCUT2D eigenvalue weighted by molar-refractivity contribution is 6.08. The fraction of sp³-hybridized carbons (Fsp3) is 0.440. The van der Waals surface area contributed by atoms with E-state index >= 15 is 0 Å². The second kappa shape index (κ2) is 10.0. The summed E-state index contributed by atoms with van der Waals surface area (Å²) in [6.07, 6.45) is 4.46. The molecule has 0 radical (unpaired) electrons. The predicted octanol–water partition coefficient (Wildman–Crippen LogP) is 2.24. The minimum absolute atomic E-state index is 0.101. The molecular formula is C25H29N5O6. The Morgan fingerprint density at radius 2 is 2.19 bits per heavy atom. The first-order valence-electron chi connectivity index (χ1n) is 12.1. The van der Waals surface area contributed by atoms with Crippen molar-refractivity contribution in [2.24, 2.45) is 0 Å². The molecule has 0 aliphatic carbocycles. The third kappa shape index (κ3) is 4.41. The molecule has 3 aromatic rings. The van der Waals surface area contributed by atoms with Crippen molar-refractivity contribution < 1.29 is 28.9 Å². The first-order chi connectivity index (χ1) is 17.5. The van der Waals surface area contributed by atoms with E-state index < -0.39 is 6.10 Å². The van der Waals surface area contributed by atoms with Crippen LogP contribution in [-0.4, -0.2) is 75.4 Å². The molecular weight excluding hydrogens is 466 g/mol. The van der Waals surface area contributed by atoms with Crippen LogP contribution in [-0.2, 0) is 4.79 Å². The molecule has 2 aromatic heterocycles. The zero-order valence-electron chi connectivity index (χ0n) is 20.2. The minimum atomic E-state index is -1.06. The van der Waals surface area contributed by atoms with E-state index in [1.54, 1.807) is 11.1 Å². The molecule has 0 bridgehead atoms. The summed E-state index contributed by atoms with van der Waals surface area (Å²) in [6.45, 7) is 5.02. The molecule has 11 nitrogen and oxygen atoms in total. The molecule has 4 heterocycles. The van der Waals surface area contributed by atoms with Crippen LogP contribution >= 0.6 is 0 Å². The van der Waals surface area contributed by atoms with Gasteiger partial charge in [-0.15, -0.1) is 0 Å². The second-order valence-electron chi connectivity index (χ2n) is 8.94. The smallest absolute Gasteiger partial charge is 0.255 e. The van der Waals surface area contributed by atoms with Crippen LogP contribution in [0, 0.1) is 0 Å². The molecule has 0 saturated carbocycles. The minimum Gasteiger partial charge on any atom is -0.493 e. The van der Waals surface area contributed by atoms with Gasteiger partial charge in [0.2, 0.25) is 6.79 Å². The van der Waals surface area contributed by atoms with Crippen molar-refractivity contribution in [2.45, 2.75) is 45.3 Å². The number of rotatable bonds is 8. The van der Waals surface area contributed by atoms with Crippen LogP contribution in [0.1, 0.15) is 43.5 Å². The highest BCUT2D eigenvalue weighted by Gasteiger charge is 2.31. The lowest BCUT2D eigenvalue weighted by Crippen LogP contribution is -2.40. The third-order valence-corrected chi connectivity index (χ3v) is 6.39. The molecule has 11 heteroatoms. The monoisotopic (exact) mass is 495 g/mol. The number of amides is 2. The van der Waals surface area contributed by atoms with Crippen molar-refractivity contribution in [2.75, 3.05) is 26.5 Å². The lowest BCUT2D eigenvalue weighted by Gasteiger charge is -2.18. The zero-order chi connectivity index (χ0) is 25.2. The summed E-state index contributed by atoms with van der Waals surface area (Å²) >= 11 is 0. The largest absolute Gasteiger partial charge is 0.493 e. The van der Waals surface area contributed by atoms with E-state index in [-0.39, 0.29) is 24.6 Å². The number of aliphatic hydroxyl groups is 1. The van der Waals surface area contributed by atoms with Crippen molar-refractivity contribution >= 4 is 22.8 Å². The van der Waals surface area contributed by atoms with Gasteiger partial charge >= 0.3 is 0 Å². The molecule has 1 fully saturated rings. The lowest BCUT2D eigenvalue weighted by atomic mass is 10.1. The summed E-state index contributed by atoms with van der Waals surface area (Å²) < 4.78 is 17.4. The summed E-state index contributed by atoms with van der Waals surface area (Å²) in [7, 11) is 0. The Morgan fingerprint density at radius 1 is 1.33 bits per heavy atom. The van der Waals surface area contributed by atoms with Gasteiger partial charge in [0.05, 0.1) is 23.3 Å². The molecule has 2 amide bonds. The number of hydrogen-bond acceptors (Lipinski definition) is 8. The van der Waals surface area contributed by atoms with E-state index in [0.717, 1.165) is 12.8 Å². The van der Waals surface area contributed by atoms with E-state index in [9.17, 15) is 14.7 Å². The molecule has 2 atom stereocenters. The van der Waals surface area contributed by atoms with Crippen LogP contribution in [0.15, 0.2) is 24.7 Å². The molecule has 2 aliphatic rings. The van der Waals surface area contributed by atoms with Crippen LogP contribution in [0.3, 0.4) is 0 Å². The van der Waals surface area contributed by atoms with Crippen molar-refractivity contribution in [3.8, 4) is 28.5 Å².